The molecular weight excluding hydrogens is 352 g/mol. The summed E-state index contributed by atoms with van der Waals surface area (Å²) in [6.45, 7) is 1.19. The van der Waals surface area contributed by atoms with Crippen LogP contribution in [0.15, 0.2) is 22.1 Å². The molecule has 0 saturated carbocycles. The highest BCUT2D eigenvalue weighted by Gasteiger charge is 2.22. The minimum atomic E-state index is -0.192. The van der Waals surface area contributed by atoms with Crippen LogP contribution in [0.2, 0.25) is 5.02 Å². The molecule has 2 rings (SSSR count). The Morgan fingerprint density at radius 2 is 2.47 bits per heavy atom. The summed E-state index contributed by atoms with van der Waals surface area (Å²) in [5, 5.41) is 6.85. The van der Waals surface area contributed by atoms with Gasteiger partial charge in [-0.2, -0.15) is 5.10 Å². The molecule has 104 valence electrons. The van der Waals surface area contributed by atoms with Gasteiger partial charge in [-0.1, -0.05) is 11.6 Å². The molecule has 0 fully saturated rings. The number of hydrogen-bond donors (Lipinski definition) is 2. The van der Waals surface area contributed by atoms with Gasteiger partial charge in [-0.25, -0.2) is 5.43 Å². The summed E-state index contributed by atoms with van der Waals surface area (Å²) in [5.74, 6) is 5.68. The highest BCUT2D eigenvalue weighted by Crippen LogP contribution is 2.32. The van der Waals surface area contributed by atoms with E-state index < -0.39 is 0 Å². The number of rotatable bonds is 6. The van der Waals surface area contributed by atoms with Crippen LogP contribution in [0, 0.1) is 0 Å². The summed E-state index contributed by atoms with van der Waals surface area (Å²) >= 11 is 11.3. The second kappa shape index (κ2) is 6.83. The molecular formula is C11H14BrClN4OS. The summed E-state index contributed by atoms with van der Waals surface area (Å²) in [5.41, 5.74) is 3.64. The number of halogens is 2. The first-order valence-electron chi connectivity index (χ1n) is 5.57. The van der Waals surface area contributed by atoms with Crippen LogP contribution in [0.5, 0.6) is 0 Å². The van der Waals surface area contributed by atoms with E-state index in [4.69, 9.17) is 22.2 Å². The molecule has 19 heavy (non-hydrogen) atoms. The normalized spacial score (nSPS) is 12.8. The average Bonchev–Trinajstić information content (AvgIpc) is 2.97. The van der Waals surface area contributed by atoms with Crippen molar-refractivity contribution >= 4 is 38.9 Å². The Labute approximate surface area is 128 Å². The van der Waals surface area contributed by atoms with Gasteiger partial charge in [-0.15, -0.1) is 11.3 Å². The van der Waals surface area contributed by atoms with Crippen LogP contribution >= 0.6 is 38.9 Å². The van der Waals surface area contributed by atoms with E-state index >= 15 is 0 Å². The third-order valence-corrected chi connectivity index (χ3v) is 4.70. The molecule has 8 heteroatoms. The monoisotopic (exact) mass is 364 g/mol. The topological polar surface area (TPSA) is 65.1 Å². The number of aromatic nitrogens is 2. The van der Waals surface area contributed by atoms with E-state index in [9.17, 15) is 0 Å². The van der Waals surface area contributed by atoms with Crippen molar-refractivity contribution in [3.63, 3.8) is 0 Å². The zero-order valence-corrected chi connectivity index (χ0v) is 13.4. The zero-order valence-electron chi connectivity index (χ0n) is 10.3. The van der Waals surface area contributed by atoms with Crippen molar-refractivity contribution in [1.82, 2.24) is 15.2 Å². The Morgan fingerprint density at radius 1 is 1.68 bits per heavy atom. The van der Waals surface area contributed by atoms with Crippen molar-refractivity contribution in [1.29, 1.82) is 0 Å². The fraction of sp³-hybridized carbons (Fsp3) is 0.364. The lowest BCUT2D eigenvalue weighted by Gasteiger charge is -2.17. The molecule has 0 saturated heterocycles. The SMILES string of the molecule is COCCn1ncc(Cl)c1C(NN)c1cc(Br)cs1. The van der Waals surface area contributed by atoms with Gasteiger partial charge in [-0.05, 0) is 22.0 Å². The first kappa shape index (κ1) is 15.0. The van der Waals surface area contributed by atoms with Crippen molar-refractivity contribution in [2.75, 3.05) is 13.7 Å². The van der Waals surface area contributed by atoms with E-state index in [-0.39, 0.29) is 6.04 Å². The van der Waals surface area contributed by atoms with Crippen molar-refractivity contribution in [2.45, 2.75) is 12.6 Å². The molecule has 0 radical (unpaired) electrons. The molecule has 0 aliphatic heterocycles. The fourth-order valence-electron chi connectivity index (χ4n) is 1.79. The maximum atomic E-state index is 6.23. The number of nitrogens with two attached hydrogens (primary N) is 1. The number of hydrazine groups is 1. The smallest absolute Gasteiger partial charge is 0.0985 e. The molecule has 5 nitrogen and oxygen atoms in total. The predicted molar refractivity (Wildman–Crippen MR) is 80.3 cm³/mol. The number of nitrogens with one attached hydrogen (secondary N) is 1. The van der Waals surface area contributed by atoms with Gasteiger partial charge in [0.25, 0.3) is 0 Å². The minimum Gasteiger partial charge on any atom is -0.383 e. The van der Waals surface area contributed by atoms with E-state index in [1.165, 1.54) is 0 Å². The molecule has 1 atom stereocenters. The van der Waals surface area contributed by atoms with E-state index in [0.717, 1.165) is 15.0 Å². The Kier molecular flexibility index (Phi) is 5.37. The summed E-state index contributed by atoms with van der Waals surface area (Å²) in [6, 6.07) is 1.82. The van der Waals surface area contributed by atoms with Crippen LogP contribution in [0.3, 0.4) is 0 Å². The largest absolute Gasteiger partial charge is 0.383 e. The van der Waals surface area contributed by atoms with Gasteiger partial charge in [0.2, 0.25) is 0 Å². The number of methoxy groups -OCH3 is 1. The molecule has 0 spiro atoms. The van der Waals surface area contributed by atoms with Crippen LogP contribution < -0.4 is 11.3 Å². The first-order valence-corrected chi connectivity index (χ1v) is 7.62. The highest BCUT2D eigenvalue weighted by molar-refractivity contribution is 9.10. The van der Waals surface area contributed by atoms with E-state index in [0.29, 0.717) is 18.2 Å². The summed E-state index contributed by atoms with van der Waals surface area (Å²) in [7, 11) is 1.65. The molecule has 2 aromatic heterocycles. The maximum Gasteiger partial charge on any atom is 0.0985 e. The van der Waals surface area contributed by atoms with Crippen LogP contribution in [0.25, 0.3) is 0 Å². The second-order valence-corrected chi connectivity index (χ2v) is 6.13. The Hall–Kier alpha value is -0.440. The number of ether oxygens (including phenoxy) is 1. The summed E-state index contributed by atoms with van der Waals surface area (Å²) in [4.78, 5) is 1.07. The van der Waals surface area contributed by atoms with E-state index in [2.05, 4.69) is 26.5 Å². The average molecular weight is 366 g/mol. The Bertz CT molecular complexity index is 545. The number of hydrogen-bond acceptors (Lipinski definition) is 5. The molecule has 2 heterocycles. The Morgan fingerprint density at radius 3 is 3.05 bits per heavy atom. The van der Waals surface area contributed by atoms with Crippen molar-refractivity contribution in [2.24, 2.45) is 5.84 Å². The quantitative estimate of drug-likeness (QED) is 0.610. The first-order chi connectivity index (χ1) is 9.17. The van der Waals surface area contributed by atoms with Crippen molar-refractivity contribution in [3.05, 3.63) is 37.7 Å². The zero-order chi connectivity index (χ0) is 13.8. The third kappa shape index (κ3) is 3.36. The molecule has 0 aliphatic rings. The van der Waals surface area contributed by atoms with Crippen molar-refractivity contribution < 1.29 is 4.74 Å². The maximum absolute atomic E-state index is 6.23. The number of thiophene rings is 1. The van der Waals surface area contributed by atoms with Crippen LogP contribution in [-0.2, 0) is 11.3 Å². The lowest BCUT2D eigenvalue weighted by molar-refractivity contribution is 0.182. The summed E-state index contributed by atoms with van der Waals surface area (Å²) in [6.07, 6.45) is 1.62. The lowest BCUT2D eigenvalue weighted by Crippen LogP contribution is -2.30. The lowest BCUT2D eigenvalue weighted by atomic mass is 10.2. The molecule has 2 aromatic rings. The van der Waals surface area contributed by atoms with Crippen LogP contribution in [0.1, 0.15) is 16.6 Å². The van der Waals surface area contributed by atoms with Crippen molar-refractivity contribution in [3.8, 4) is 0 Å². The van der Waals surface area contributed by atoms with Gasteiger partial charge in [0.15, 0.2) is 0 Å². The fourth-order valence-corrected chi connectivity index (χ4v) is 3.55. The minimum absolute atomic E-state index is 0.192. The number of nitrogens with zero attached hydrogens (tertiary/aromatic N) is 2. The highest BCUT2D eigenvalue weighted by atomic mass is 79.9. The standard InChI is InChI=1S/C11H14BrClN4OS/c1-18-3-2-17-11(8(13)5-15-17)10(16-14)9-4-7(12)6-19-9/h4-6,10,16H,2-3,14H2,1H3. The predicted octanol–water partition coefficient (Wildman–Crippen LogP) is 2.56. The van der Waals surface area contributed by atoms with Crippen LogP contribution in [0.4, 0.5) is 0 Å². The van der Waals surface area contributed by atoms with Gasteiger partial charge in [0, 0.05) is 21.8 Å². The van der Waals surface area contributed by atoms with Gasteiger partial charge < -0.3 is 4.74 Å². The van der Waals surface area contributed by atoms with E-state index in [1.54, 1.807) is 24.6 Å². The van der Waals surface area contributed by atoms with Gasteiger partial charge in [-0.3, -0.25) is 10.5 Å². The molecule has 0 amide bonds. The third-order valence-electron chi connectivity index (χ3n) is 2.65. The molecule has 3 N–H and O–H groups in total. The molecule has 0 bridgehead atoms. The van der Waals surface area contributed by atoms with Gasteiger partial charge in [0.1, 0.15) is 0 Å². The summed E-state index contributed by atoms with van der Waals surface area (Å²) < 4.78 is 7.90. The van der Waals surface area contributed by atoms with E-state index in [1.807, 2.05) is 16.1 Å². The van der Waals surface area contributed by atoms with Gasteiger partial charge >= 0.3 is 0 Å². The second-order valence-electron chi connectivity index (χ2n) is 3.86. The van der Waals surface area contributed by atoms with Crippen LogP contribution in [-0.4, -0.2) is 23.5 Å². The Balaban J connectivity index is 2.34. The van der Waals surface area contributed by atoms with Gasteiger partial charge in [0.05, 0.1) is 36.1 Å². The molecule has 1 unspecified atom stereocenters. The molecule has 0 aliphatic carbocycles. The molecule has 0 aromatic carbocycles.